The first-order valence-corrected chi connectivity index (χ1v) is 10.6. The summed E-state index contributed by atoms with van der Waals surface area (Å²) in [6, 6.07) is 13.4. The van der Waals surface area contributed by atoms with Crippen LogP contribution in [0.15, 0.2) is 48.0 Å². The maximum atomic E-state index is 12.4. The van der Waals surface area contributed by atoms with Crippen molar-refractivity contribution < 1.29 is 19.2 Å². The molecular formula is C24H25N3O5. The van der Waals surface area contributed by atoms with E-state index in [-0.39, 0.29) is 29.8 Å². The van der Waals surface area contributed by atoms with Gasteiger partial charge in [0.25, 0.3) is 11.6 Å². The van der Waals surface area contributed by atoms with Crippen molar-refractivity contribution in [2.75, 3.05) is 6.61 Å². The minimum Gasteiger partial charge on any atom is -0.490 e. The first-order valence-electron chi connectivity index (χ1n) is 10.6. The number of carbonyl (C=O) groups is 1. The lowest BCUT2D eigenvalue weighted by Crippen LogP contribution is -2.33. The molecule has 0 heterocycles. The van der Waals surface area contributed by atoms with Gasteiger partial charge in [0.1, 0.15) is 18.2 Å². The van der Waals surface area contributed by atoms with E-state index in [0.717, 1.165) is 31.2 Å². The van der Waals surface area contributed by atoms with Crippen molar-refractivity contribution in [2.24, 2.45) is 0 Å². The Bertz CT molecular complexity index is 1030. The number of ether oxygens (including phenoxy) is 2. The number of non-ortho nitro benzene ring substituents is 1. The van der Waals surface area contributed by atoms with Gasteiger partial charge in [0.2, 0.25) is 0 Å². The molecule has 1 fully saturated rings. The number of nitro groups is 1. The van der Waals surface area contributed by atoms with Gasteiger partial charge in [-0.15, -0.1) is 0 Å². The van der Waals surface area contributed by atoms with E-state index in [0.29, 0.717) is 23.7 Å². The van der Waals surface area contributed by atoms with Gasteiger partial charge in [-0.25, -0.2) is 0 Å². The zero-order valence-corrected chi connectivity index (χ0v) is 17.9. The molecule has 1 saturated carbocycles. The van der Waals surface area contributed by atoms with Gasteiger partial charge in [-0.1, -0.05) is 18.9 Å². The molecule has 0 aliphatic heterocycles. The second-order valence-corrected chi connectivity index (χ2v) is 7.48. The van der Waals surface area contributed by atoms with Gasteiger partial charge in [-0.2, -0.15) is 5.26 Å². The van der Waals surface area contributed by atoms with Crippen LogP contribution in [0, 0.1) is 21.4 Å². The molecule has 0 unspecified atom stereocenters. The summed E-state index contributed by atoms with van der Waals surface area (Å²) >= 11 is 0. The normalized spacial score (nSPS) is 13.9. The predicted molar refractivity (Wildman–Crippen MR) is 119 cm³/mol. The van der Waals surface area contributed by atoms with E-state index < -0.39 is 4.92 Å². The van der Waals surface area contributed by atoms with E-state index in [1.54, 1.807) is 30.3 Å². The van der Waals surface area contributed by atoms with Gasteiger partial charge >= 0.3 is 0 Å². The molecule has 1 amide bonds. The summed E-state index contributed by atoms with van der Waals surface area (Å²) in [4.78, 5) is 22.8. The quantitative estimate of drug-likeness (QED) is 0.268. The number of amides is 1. The van der Waals surface area contributed by atoms with E-state index in [1.165, 1.54) is 18.2 Å². The number of nitrogens with zero attached hydrogens (tertiary/aromatic N) is 2. The lowest BCUT2D eigenvalue weighted by molar-refractivity contribution is -0.384. The highest BCUT2D eigenvalue weighted by Gasteiger charge is 2.19. The molecule has 2 aromatic carbocycles. The van der Waals surface area contributed by atoms with Gasteiger partial charge < -0.3 is 14.8 Å². The fourth-order valence-electron chi connectivity index (χ4n) is 3.53. The number of rotatable bonds is 9. The Morgan fingerprint density at radius 3 is 2.53 bits per heavy atom. The van der Waals surface area contributed by atoms with Gasteiger partial charge in [0, 0.05) is 18.2 Å². The van der Waals surface area contributed by atoms with Crippen LogP contribution in [-0.2, 0) is 11.4 Å². The van der Waals surface area contributed by atoms with Crippen LogP contribution in [0.3, 0.4) is 0 Å². The molecule has 0 radical (unpaired) electrons. The molecule has 2 aromatic rings. The van der Waals surface area contributed by atoms with E-state index >= 15 is 0 Å². The average molecular weight is 435 g/mol. The minimum absolute atomic E-state index is 0.0187. The number of carbonyl (C=O) groups excluding carboxylic acids is 1. The smallest absolute Gasteiger partial charge is 0.269 e. The Hall–Kier alpha value is -3.86. The molecule has 0 saturated heterocycles. The summed E-state index contributed by atoms with van der Waals surface area (Å²) in [5, 5.41) is 23.1. The number of hydrogen-bond acceptors (Lipinski definition) is 6. The highest BCUT2D eigenvalue weighted by atomic mass is 16.6. The van der Waals surface area contributed by atoms with Crippen molar-refractivity contribution in [3.05, 3.63) is 69.3 Å². The first kappa shape index (κ1) is 22.8. The Labute approximate surface area is 186 Å². The molecule has 32 heavy (non-hydrogen) atoms. The molecule has 1 aliphatic rings. The number of nitro benzene ring substituents is 1. The molecule has 3 rings (SSSR count). The third-order valence-corrected chi connectivity index (χ3v) is 5.18. The third kappa shape index (κ3) is 6.08. The SMILES string of the molecule is CCOc1cc(/C=C(/C#N)C(=O)NC2CCCC2)ccc1OCc1ccc([N+](=O)[O-])cc1. The molecule has 0 aromatic heterocycles. The van der Waals surface area contributed by atoms with Crippen LogP contribution in [0.2, 0.25) is 0 Å². The maximum Gasteiger partial charge on any atom is 0.269 e. The fourth-order valence-corrected chi connectivity index (χ4v) is 3.53. The van der Waals surface area contributed by atoms with Crippen LogP contribution in [0.1, 0.15) is 43.7 Å². The first-order chi connectivity index (χ1) is 15.5. The van der Waals surface area contributed by atoms with E-state index in [4.69, 9.17) is 9.47 Å². The molecule has 1 aliphatic carbocycles. The monoisotopic (exact) mass is 435 g/mol. The number of hydrogen-bond donors (Lipinski definition) is 1. The van der Waals surface area contributed by atoms with Crippen molar-refractivity contribution in [3.63, 3.8) is 0 Å². The highest BCUT2D eigenvalue weighted by Crippen LogP contribution is 2.30. The predicted octanol–water partition coefficient (Wildman–Crippen LogP) is 4.54. The van der Waals surface area contributed by atoms with Crippen LogP contribution < -0.4 is 14.8 Å². The van der Waals surface area contributed by atoms with Crippen molar-refractivity contribution in [3.8, 4) is 17.6 Å². The summed E-state index contributed by atoms with van der Waals surface area (Å²) in [7, 11) is 0. The topological polar surface area (TPSA) is 114 Å². The zero-order chi connectivity index (χ0) is 22.9. The van der Waals surface area contributed by atoms with Gasteiger partial charge in [0.15, 0.2) is 11.5 Å². The summed E-state index contributed by atoms with van der Waals surface area (Å²) in [6.07, 6.45) is 5.61. The molecule has 0 atom stereocenters. The Balaban J connectivity index is 1.72. The van der Waals surface area contributed by atoms with Crippen molar-refractivity contribution in [1.82, 2.24) is 5.32 Å². The van der Waals surface area contributed by atoms with Crippen LogP contribution in [0.25, 0.3) is 6.08 Å². The van der Waals surface area contributed by atoms with Crippen molar-refractivity contribution in [1.29, 1.82) is 5.26 Å². The number of nitriles is 1. The summed E-state index contributed by atoms with van der Waals surface area (Å²) in [6.45, 7) is 2.47. The summed E-state index contributed by atoms with van der Waals surface area (Å²) < 4.78 is 11.5. The second-order valence-electron chi connectivity index (χ2n) is 7.48. The Kier molecular flexibility index (Phi) is 7.81. The van der Waals surface area contributed by atoms with Crippen LogP contribution in [-0.4, -0.2) is 23.5 Å². The number of nitrogens with one attached hydrogen (secondary N) is 1. The maximum absolute atomic E-state index is 12.4. The standard InChI is InChI=1S/C24H25N3O5/c1-2-31-23-14-18(13-19(15-25)24(28)26-20-5-3-4-6-20)9-12-22(23)32-16-17-7-10-21(11-8-17)27(29)30/h7-14,20H,2-6,16H2,1H3,(H,26,28)/b19-13-. The third-order valence-electron chi connectivity index (χ3n) is 5.18. The minimum atomic E-state index is -0.451. The Morgan fingerprint density at radius 1 is 1.19 bits per heavy atom. The van der Waals surface area contributed by atoms with Crippen molar-refractivity contribution >= 4 is 17.7 Å². The van der Waals surface area contributed by atoms with Crippen molar-refractivity contribution in [2.45, 2.75) is 45.3 Å². The summed E-state index contributed by atoms with van der Waals surface area (Å²) in [5.41, 5.74) is 1.48. The molecule has 0 spiro atoms. The summed E-state index contributed by atoms with van der Waals surface area (Å²) in [5.74, 6) is 0.615. The lowest BCUT2D eigenvalue weighted by Gasteiger charge is -2.13. The molecule has 166 valence electrons. The fraction of sp³-hybridized carbons (Fsp3) is 0.333. The van der Waals surface area contributed by atoms with E-state index in [1.807, 2.05) is 13.0 Å². The van der Waals surface area contributed by atoms with Crippen LogP contribution in [0.4, 0.5) is 5.69 Å². The van der Waals surface area contributed by atoms with Crippen LogP contribution in [0.5, 0.6) is 11.5 Å². The molecule has 8 heteroatoms. The van der Waals surface area contributed by atoms with E-state index in [2.05, 4.69) is 5.32 Å². The van der Waals surface area contributed by atoms with Gasteiger partial charge in [-0.3, -0.25) is 14.9 Å². The van der Waals surface area contributed by atoms with Crippen LogP contribution >= 0.6 is 0 Å². The Morgan fingerprint density at radius 2 is 1.91 bits per heavy atom. The second kappa shape index (κ2) is 11.0. The number of benzene rings is 2. The molecule has 8 nitrogen and oxygen atoms in total. The molecular weight excluding hydrogens is 410 g/mol. The molecule has 0 bridgehead atoms. The average Bonchev–Trinajstić information content (AvgIpc) is 3.30. The van der Waals surface area contributed by atoms with Gasteiger partial charge in [-0.05, 0) is 61.2 Å². The van der Waals surface area contributed by atoms with E-state index in [9.17, 15) is 20.2 Å². The zero-order valence-electron chi connectivity index (χ0n) is 17.9. The lowest BCUT2D eigenvalue weighted by atomic mass is 10.1. The largest absolute Gasteiger partial charge is 0.490 e. The van der Waals surface area contributed by atoms with Gasteiger partial charge in [0.05, 0.1) is 11.5 Å². The molecule has 1 N–H and O–H groups in total. The highest BCUT2D eigenvalue weighted by molar-refractivity contribution is 6.01.